The number of morpholine rings is 1. The first-order chi connectivity index (χ1) is 13.6. The normalized spacial score (nSPS) is 22.2. The van der Waals surface area contributed by atoms with Gasteiger partial charge in [0.05, 0.1) is 34.0 Å². The zero-order chi connectivity index (χ0) is 20.1. The minimum atomic E-state index is -1.08. The summed E-state index contributed by atoms with van der Waals surface area (Å²) in [7, 11) is 3.07. The van der Waals surface area contributed by atoms with Gasteiger partial charge in [-0.1, -0.05) is 6.07 Å². The van der Waals surface area contributed by atoms with Gasteiger partial charge in [-0.05, 0) is 24.6 Å². The van der Waals surface area contributed by atoms with Gasteiger partial charge in [0.15, 0.2) is 17.4 Å². The highest BCUT2D eigenvalue weighted by molar-refractivity contribution is 6.08. The topological polar surface area (TPSA) is 98.7 Å². The monoisotopic (exact) mass is 391 g/mol. The fourth-order valence-electron chi connectivity index (χ4n) is 3.28. The third kappa shape index (κ3) is 4.04. The maximum atomic E-state index is 12.8. The number of benzene rings is 1. The summed E-state index contributed by atoms with van der Waals surface area (Å²) in [6, 6.07) is 4.50. The van der Waals surface area contributed by atoms with E-state index in [1.807, 2.05) is 4.90 Å². The van der Waals surface area contributed by atoms with Crippen LogP contribution < -0.4 is 14.8 Å². The van der Waals surface area contributed by atoms with E-state index in [4.69, 9.17) is 23.9 Å². The predicted octanol–water partition coefficient (Wildman–Crippen LogP) is 0.742. The molecule has 2 aliphatic rings. The molecular formula is C19H25N3O6. The molecule has 1 aromatic rings. The van der Waals surface area contributed by atoms with Crippen molar-refractivity contribution in [3.63, 3.8) is 0 Å². The van der Waals surface area contributed by atoms with Crippen molar-refractivity contribution in [1.29, 1.82) is 0 Å². The Morgan fingerprint density at radius 3 is 2.61 bits per heavy atom. The van der Waals surface area contributed by atoms with E-state index in [2.05, 4.69) is 5.32 Å². The Morgan fingerprint density at radius 1 is 1.25 bits per heavy atom. The highest BCUT2D eigenvalue weighted by atomic mass is 16.5. The molecule has 0 saturated carbocycles. The van der Waals surface area contributed by atoms with E-state index in [0.29, 0.717) is 49.3 Å². The quantitative estimate of drug-likeness (QED) is 0.584. The maximum Gasteiger partial charge on any atom is 0.321 e. The summed E-state index contributed by atoms with van der Waals surface area (Å²) in [5, 5.41) is 2.75. The van der Waals surface area contributed by atoms with E-state index in [1.165, 1.54) is 7.11 Å². The number of nitrogens with zero attached hydrogens (tertiary/aromatic N) is 2. The number of nitrogens with one attached hydrogen (secondary N) is 1. The molecule has 28 heavy (non-hydrogen) atoms. The Labute approximate surface area is 163 Å². The Bertz CT molecular complexity index is 760. The number of hydrogen-bond acceptors (Lipinski definition) is 8. The number of carbonyl (C=O) groups excluding carboxylic acids is 2. The number of rotatable bonds is 5. The first-order valence-electron chi connectivity index (χ1n) is 9.19. The molecular weight excluding hydrogens is 366 g/mol. The molecule has 9 heteroatoms. The van der Waals surface area contributed by atoms with E-state index in [1.54, 1.807) is 32.2 Å². The third-order valence-electron chi connectivity index (χ3n) is 4.69. The molecule has 9 nitrogen and oxygen atoms in total. The molecule has 1 N–H and O–H groups in total. The summed E-state index contributed by atoms with van der Waals surface area (Å²) in [6.07, 6.45) is 0. The number of amides is 1. The van der Waals surface area contributed by atoms with E-state index >= 15 is 0 Å². The summed E-state index contributed by atoms with van der Waals surface area (Å²) >= 11 is 0. The van der Waals surface area contributed by atoms with Crippen molar-refractivity contribution in [3.8, 4) is 11.5 Å². The van der Waals surface area contributed by atoms with Crippen LogP contribution in [0.1, 0.15) is 18.5 Å². The smallest absolute Gasteiger partial charge is 0.321 e. The van der Waals surface area contributed by atoms with Gasteiger partial charge >= 0.3 is 5.97 Å². The Balaban J connectivity index is 2.01. The molecule has 1 aromatic carbocycles. The number of esters is 1. The Kier molecular flexibility index (Phi) is 6.35. The van der Waals surface area contributed by atoms with E-state index in [0.717, 1.165) is 0 Å². The largest absolute Gasteiger partial charge is 0.493 e. The highest BCUT2D eigenvalue weighted by Gasteiger charge is 2.42. The number of aliphatic imine (C=N–C) groups is 1. The van der Waals surface area contributed by atoms with Gasteiger partial charge in [0.1, 0.15) is 6.04 Å². The van der Waals surface area contributed by atoms with Crippen LogP contribution in [0, 0.1) is 5.92 Å². The minimum absolute atomic E-state index is 0.182. The molecule has 2 heterocycles. The highest BCUT2D eigenvalue weighted by Crippen LogP contribution is 2.36. The number of hydrogen-bond donors (Lipinski definition) is 1. The second-order valence-electron chi connectivity index (χ2n) is 6.33. The molecule has 1 saturated heterocycles. The van der Waals surface area contributed by atoms with Crippen LogP contribution in [0.3, 0.4) is 0 Å². The van der Waals surface area contributed by atoms with Crippen molar-refractivity contribution in [2.45, 2.75) is 13.0 Å². The van der Waals surface area contributed by atoms with Gasteiger partial charge in [-0.25, -0.2) is 4.99 Å². The van der Waals surface area contributed by atoms with Gasteiger partial charge in [-0.3, -0.25) is 14.9 Å². The lowest BCUT2D eigenvalue weighted by atomic mass is 9.91. The SMILES string of the molecule is CCOC(=O)C1C(=O)NC(N2CCOCC2)=NC1c1ccc(OC)c(OC)c1. The van der Waals surface area contributed by atoms with Crippen molar-refractivity contribution in [2.75, 3.05) is 47.1 Å². The molecule has 0 spiro atoms. The summed E-state index contributed by atoms with van der Waals surface area (Å²) < 4.78 is 21.1. The van der Waals surface area contributed by atoms with E-state index in [-0.39, 0.29) is 6.61 Å². The van der Waals surface area contributed by atoms with Crippen molar-refractivity contribution in [1.82, 2.24) is 10.2 Å². The van der Waals surface area contributed by atoms with Crippen LogP contribution in [-0.2, 0) is 19.1 Å². The van der Waals surface area contributed by atoms with Crippen LogP contribution >= 0.6 is 0 Å². The lowest BCUT2D eigenvalue weighted by molar-refractivity contribution is -0.153. The van der Waals surface area contributed by atoms with Crippen molar-refractivity contribution >= 4 is 17.8 Å². The Morgan fingerprint density at radius 2 is 1.96 bits per heavy atom. The summed E-state index contributed by atoms with van der Waals surface area (Å²) in [4.78, 5) is 32.0. The number of guanidine groups is 1. The summed E-state index contributed by atoms with van der Waals surface area (Å²) in [6.45, 7) is 4.21. The average Bonchev–Trinajstić information content (AvgIpc) is 2.73. The van der Waals surface area contributed by atoms with Gasteiger partial charge in [0.2, 0.25) is 11.9 Å². The molecule has 2 atom stereocenters. The van der Waals surface area contributed by atoms with Gasteiger partial charge in [-0.2, -0.15) is 0 Å². The lowest BCUT2D eigenvalue weighted by Gasteiger charge is -2.35. The van der Waals surface area contributed by atoms with Crippen molar-refractivity contribution < 1.29 is 28.5 Å². The maximum absolute atomic E-state index is 12.8. The minimum Gasteiger partial charge on any atom is -0.493 e. The van der Waals surface area contributed by atoms with Gasteiger partial charge in [0.25, 0.3) is 0 Å². The molecule has 3 rings (SSSR count). The fourth-order valence-corrected chi connectivity index (χ4v) is 3.28. The predicted molar refractivity (Wildman–Crippen MR) is 100 cm³/mol. The fraction of sp³-hybridized carbons (Fsp3) is 0.526. The molecule has 0 radical (unpaired) electrons. The van der Waals surface area contributed by atoms with Crippen LogP contribution in [0.15, 0.2) is 23.2 Å². The first kappa shape index (κ1) is 19.9. The summed E-state index contributed by atoms with van der Waals surface area (Å²) in [5.74, 6) is -0.635. The molecule has 0 bridgehead atoms. The second-order valence-corrected chi connectivity index (χ2v) is 6.33. The summed E-state index contributed by atoms with van der Waals surface area (Å²) in [5.41, 5.74) is 0.663. The van der Waals surface area contributed by atoms with E-state index in [9.17, 15) is 9.59 Å². The van der Waals surface area contributed by atoms with Gasteiger partial charge < -0.3 is 23.8 Å². The molecule has 1 fully saturated rings. The molecule has 152 valence electrons. The van der Waals surface area contributed by atoms with Crippen LogP contribution in [0.2, 0.25) is 0 Å². The van der Waals surface area contributed by atoms with Gasteiger partial charge in [-0.15, -0.1) is 0 Å². The van der Waals surface area contributed by atoms with E-state index < -0.39 is 23.8 Å². The van der Waals surface area contributed by atoms with Gasteiger partial charge in [0, 0.05) is 13.1 Å². The standard InChI is InChI=1S/C19H25N3O6/c1-4-28-18(24)15-16(12-5-6-13(25-2)14(11-12)26-3)20-19(21-17(15)23)22-7-9-27-10-8-22/h5-6,11,15-16H,4,7-10H2,1-3H3,(H,20,21,23). The van der Waals surface area contributed by atoms with Crippen molar-refractivity contribution in [2.24, 2.45) is 10.9 Å². The zero-order valence-electron chi connectivity index (χ0n) is 16.3. The van der Waals surface area contributed by atoms with Crippen LogP contribution in [-0.4, -0.2) is 69.9 Å². The second kappa shape index (κ2) is 8.92. The van der Waals surface area contributed by atoms with Crippen LogP contribution in [0.4, 0.5) is 0 Å². The molecule has 1 amide bonds. The average molecular weight is 391 g/mol. The number of ether oxygens (including phenoxy) is 4. The number of methoxy groups -OCH3 is 2. The third-order valence-corrected chi connectivity index (χ3v) is 4.69. The molecule has 0 aromatic heterocycles. The molecule has 0 aliphatic carbocycles. The van der Waals surface area contributed by atoms with Crippen LogP contribution in [0.25, 0.3) is 0 Å². The lowest BCUT2D eigenvalue weighted by Crippen LogP contribution is -2.55. The Hall–Kier alpha value is -2.81. The van der Waals surface area contributed by atoms with Crippen LogP contribution in [0.5, 0.6) is 11.5 Å². The number of carbonyl (C=O) groups is 2. The molecule has 2 aliphatic heterocycles. The van der Waals surface area contributed by atoms with Crippen molar-refractivity contribution in [3.05, 3.63) is 23.8 Å². The first-order valence-corrected chi connectivity index (χ1v) is 9.19. The zero-order valence-corrected chi connectivity index (χ0v) is 16.3. The molecule has 2 unspecified atom stereocenters.